The van der Waals surface area contributed by atoms with Gasteiger partial charge in [-0.15, -0.1) is 0 Å². The first-order valence-corrected chi connectivity index (χ1v) is 13.8. The van der Waals surface area contributed by atoms with E-state index >= 15 is 4.39 Å². The number of carbonyl (C=O) groups excluding carboxylic acids is 1. The fourth-order valence-electron chi connectivity index (χ4n) is 4.44. The van der Waals surface area contributed by atoms with Crippen molar-refractivity contribution in [1.82, 2.24) is 10.2 Å². The number of nitrogens with zero attached hydrogens (tertiary/aromatic N) is 1. The van der Waals surface area contributed by atoms with Gasteiger partial charge in [-0.1, -0.05) is 43.7 Å². The van der Waals surface area contributed by atoms with Crippen LogP contribution in [-0.2, 0) is 27.1 Å². The summed E-state index contributed by atoms with van der Waals surface area (Å²) in [5.41, 5.74) is 0.368. The van der Waals surface area contributed by atoms with E-state index < -0.39 is 15.8 Å². The van der Waals surface area contributed by atoms with Gasteiger partial charge in [0.15, 0.2) is 0 Å². The Kier molecular flexibility index (Phi) is 9.24. The summed E-state index contributed by atoms with van der Waals surface area (Å²) in [6.07, 6.45) is 2.60. The summed E-state index contributed by atoms with van der Waals surface area (Å²) >= 11 is 0. The summed E-state index contributed by atoms with van der Waals surface area (Å²) in [5.74, 6) is -0.366. The van der Waals surface area contributed by atoms with Crippen LogP contribution in [0.15, 0.2) is 47.4 Å². The van der Waals surface area contributed by atoms with Crippen molar-refractivity contribution in [2.45, 2.75) is 63.6 Å². The second kappa shape index (κ2) is 11.8. The number of hydrogen-bond acceptors (Lipinski definition) is 4. The van der Waals surface area contributed by atoms with E-state index in [-0.39, 0.29) is 35.4 Å². The lowest BCUT2D eigenvalue weighted by atomic mass is 9.68. The van der Waals surface area contributed by atoms with Crippen molar-refractivity contribution in [2.24, 2.45) is 11.8 Å². The second-order valence-electron chi connectivity index (χ2n) is 10.3. The quantitative estimate of drug-likeness (QED) is 0.499. The Morgan fingerprint density at radius 2 is 1.75 bits per heavy atom. The number of aryl methyl sites for hydroxylation is 1. The second-order valence-corrected chi connectivity index (χ2v) is 11.7. The van der Waals surface area contributed by atoms with E-state index in [1.54, 1.807) is 24.3 Å². The van der Waals surface area contributed by atoms with Gasteiger partial charge in [-0.2, -0.15) is 8.42 Å². The fraction of sp³-hybridized carbons (Fsp3) is 0.519. The highest BCUT2D eigenvalue weighted by Crippen LogP contribution is 2.49. The van der Waals surface area contributed by atoms with Gasteiger partial charge >= 0.3 is 0 Å². The molecule has 1 aliphatic carbocycles. The van der Waals surface area contributed by atoms with Crippen molar-refractivity contribution in [3.63, 3.8) is 0 Å². The van der Waals surface area contributed by atoms with Crippen molar-refractivity contribution in [2.75, 3.05) is 19.6 Å². The highest BCUT2D eigenvalue weighted by Gasteiger charge is 2.49. The normalized spacial score (nSPS) is 22.0. The monoisotopic (exact) mass is 522 g/mol. The van der Waals surface area contributed by atoms with Crippen LogP contribution >= 0.6 is 0 Å². The summed E-state index contributed by atoms with van der Waals surface area (Å²) < 4.78 is 58.9. The van der Waals surface area contributed by atoms with Crippen molar-refractivity contribution < 1.29 is 26.5 Å². The molecule has 0 radical (unpaired) electrons. The van der Waals surface area contributed by atoms with Crippen LogP contribution in [0.2, 0.25) is 0 Å². The summed E-state index contributed by atoms with van der Waals surface area (Å²) in [5, 5.41) is 2.85. The van der Waals surface area contributed by atoms with Gasteiger partial charge < -0.3 is 5.32 Å². The number of carbonyl (C=O) groups is 1. The van der Waals surface area contributed by atoms with Crippen LogP contribution in [0.1, 0.15) is 56.2 Å². The van der Waals surface area contributed by atoms with E-state index in [2.05, 4.69) is 10.2 Å². The molecule has 1 saturated carbocycles. The lowest BCUT2D eigenvalue weighted by Gasteiger charge is -2.41. The van der Waals surface area contributed by atoms with Gasteiger partial charge in [-0.05, 0) is 75.4 Å². The summed E-state index contributed by atoms with van der Waals surface area (Å²) in [4.78, 5) is 14.2. The Balaban J connectivity index is 0.000000275. The number of hydrogen-bond donors (Lipinski definition) is 2. The molecule has 0 atom stereocenters. The fourth-order valence-corrected chi connectivity index (χ4v) is 4.92. The lowest BCUT2D eigenvalue weighted by Crippen LogP contribution is -2.46. The number of amides is 1. The largest absolute Gasteiger partial charge is 0.356 e. The van der Waals surface area contributed by atoms with E-state index in [1.807, 2.05) is 20.8 Å². The zero-order chi connectivity index (χ0) is 26.5. The number of benzene rings is 2. The predicted octanol–water partition coefficient (Wildman–Crippen LogP) is 5.01. The minimum Gasteiger partial charge on any atom is -0.356 e. The Hall–Kier alpha value is -2.36. The van der Waals surface area contributed by atoms with Crippen LogP contribution in [0, 0.1) is 24.6 Å². The van der Waals surface area contributed by atoms with Crippen molar-refractivity contribution >= 4 is 16.0 Å². The zero-order valence-electron chi connectivity index (χ0n) is 21.1. The third-order valence-corrected chi connectivity index (χ3v) is 7.55. The molecule has 1 heterocycles. The minimum atomic E-state index is -4.02. The van der Waals surface area contributed by atoms with Gasteiger partial charge in [-0.3, -0.25) is 14.2 Å². The highest BCUT2D eigenvalue weighted by molar-refractivity contribution is 7.85. The smallest absolute Gasteiger partial charge is 0.294 e. The topological polar surface area (TPSA) is 86.7 Å². The average Bonchev–Trinajstić information content (AvgIpc) is 3.30. The average molecular weight is 523 g/mol. The van der Waals surface area contributed by atoms with E-state index in [1.165, 1.54) is 18.2 Å². The van der Waals surface area contributed by atoms with Crippen LogP contribution in [0.3, 0.4) is 0 Å². The summed E-state index contributed by atoms with van der Waals surface area (Å²) in [7, 11) is -4.02. The molecule has 0 spiro atoms. The van der Waals surface area contributed by atoms with Crippen LogP contribution in [0.5, 0.6) is 0 Å². The third-order valence-electron chi connectivity index (χ3n) is 6.68. The predicted molar refractivity (Wildman–Crippen MR) is 135 cm³/mol. The van der Waals surface area contributed by atoms with Crippen molar-refractivity contribution in [3.05, 3.63) is 65.0 Å². The molecule has 1 aliphatic heterocycles. The van der Waals surface area contributed by atoms with Crippen molar-refractivity contribution in [3.8, 4) is 0 Å². The maximum absolute atomic E-state index is 15.0. The first kappa shape index (κ1) is 28.2. The zero-order valence-corrected chi connectivity index (χ0v) is 22.0. The highest BCUT2D eigenvalue weighted by atomic mass is 32.2. The number of halogens is 2. The Bertz CT molecular complexity index is 1140. The van der Waals surface area contributed by atoms with Crippen LogP contribution < -0.4 is 5.32 Å². The molecule has 2 fully saturated rings. The molecule has 0 bridgehead atoms. The molecule has 0 aromatic heterocycles. The molecule has 2 N–H and O–H groups in total. The maximum atomic E-state index is 15.0. The molecule has 9 heteroatoms. The number of nitrogens with one attached hydrogen (secondary N) is 1. The van der Waals surface area contributed by atoms with E-state index in [0.29, 0.717) is 30.1 Å². The maximum Gasteiger partial charge on any atom is 0.294 e. The molecule has 6 nitrogen and oxygen atoms in total. The molecule has 4 rings (SSSR count). The van der Waals surface area contributed by atoms with Gasteiger partial charge in [0, 0.05) is 24.6 Å². The number of alkyl halides is 1. The van der Waals surface area contributed by atoms with Crippen LogP contribution in [-0.4, -0.2) is 43.4 Å². The van der Waals surface area contributed by atoms with E-state index in [9.17, 15) is 17.6 Å². The number of likely N-dealkylation sites (tertiary alicyclic amines) is 1. The Labute approximate surface area is 212 Å². The summed E-state index contributed by atoms with van der Waals surface area (Å²) in [6.45, 7) is 9.08. The standard InChI is InChI=1S/C20H28F2N2O.C7H8O3S/c1-14(2)12-23-19(25)16-10-20(22,11-16)17-6-5-15(18(21)9-17)13-24-7-3-4-8-24;1-6-2-4-7(5-3-6)11(8,9)10/h5-6,9,14,16H,3-4,7-8,10-13H2,1-2H3,(H,23,25);2-5H,1H3,(H,8,9,10). The van der Waals surface area contributed by atoms with E-state index in [0.717, 1.165) is 31.5 Å². The molecule has 0 unspecified atom stereocenters. The first-order valence-electron chi connectivity index (χ1n) is 12.4. The van der Waals surface area contributed by atoms with Crippen LogP contribution in [0.25, 0.3) is 0 Å². The van der Waals surface area contributed by atoms with Gasteiger partial charge in [0.2, 0.25) is 5.91 Å². The summed E-state index contributed by atoms with van der Waals surface area (Å²) in [6, 6.07) is 10.7. The molecular formula is C27H36F2N2O4S. The lowest BCUT2D eigenvalue weighted by molar-refractivity contribution is -0.134. The van der Waals surface area contributed by atoms with Crippen molar-refractivity contribution in [1.29, 1.82) is 0 Å². The molecule has 1 amide bonds. The molecule has 2 aromatic rings. The van der Waals surface area contributed by atoms with E-state index in [4.69, 9.17) is 4.55 Å². The van der Waals surface area contributed by atoms with Gasteiger partial charge in [0.1, 0.15) is 11.5 Å². The molecule has 198 valence electrons. The van der Waals surface area contributed by atoms with Gasteiger partial charge in [-0.25, -0.2) is 8.78 Å². The third kappa shape index (κ3) is 7.57. The molecular weight excluding hydrogens is 486 g/mol. The molecule has 1 saturated heterocycles. The first-order chi connectivity index (χ1) is 16.9. The van der Waals surface area contributed by atoms with Gasteiger partial charge in [0.05, 0.1) is 4.90 Å². The minimum absolute atomic E-state index is 0.0666. The molecule has 2 aromatic carbocycles. The Morgan fingerprint density at radius 1 is 1.14 bits per heavy atom. The van der Waals surface area contributed by atoms with Crippen LogP contribution in [0.4, 0.5) is 8.78 Å². The molecule has 36 heavy (non-hydrogen) atoms. The number of rotatable bonds is 7. The SMILES string of the molecule is CC(C)CNC(=O)C1CC(F)(c2ccc(CN3CCCC3)c(F)c2)C1.Cc1ccc(S(=O)(=O)O)cc1. The molecule has 2 aliphatic rings. The van der Waals surface area contributed by atoms with Gasteiger partial charge in [0.25, 0.3) is 10.1 Å². The Morgan fingerprint density at radius 3 is 2.28 bits per heavy atom.